The molecule has 26 heavy (non-hydrogen) atoms. The van der Waals surface area contributed by atoms with Crippen LogP contribution < -0.4 is 10.6 Å². The van der Waals surface area contributed by atoms with Crippen molar-refractivity contribution in [3.05, 3.63) is 77.1 Å². The van der Waals surface area contributed by atoms with Crippen molar-refractivity contribution in [2.75, 3.05) is 17.2 Å². The zero-order chi connectivity index (χ0) is 18.4. The summed E-state index contributed by atoms with van der Waals surface area (Å²) in [5, 5.41) is 16.0. The fourth-order valence-electron chi connectivity index (χ4n) is 2.35. The third-order valence-corrected chi connectivity index (χ3v) is 3.96. The molecule has 0 bridgehead atoms. The highest BCUT2D eigenvalue weighted by Gasteiger charge is 2.03. The summed E-state index contributed by atoms with van der Waals surface area (Å²) in [6, 6.07) is 16.0. The van der Waals surface area contributed by atoms with Gasteiger partial charge in [-0.2, -0.15) is 0 Å². The standard InChI is InChI=1S/C19H17ClN4O2/c20-15-5-1-13(2-6-15)9-10-21-17-11-18(23-12-22-17)24-16-7-3-14(4-8-16)19(25)26/h1-8,11-12H,9-10H2,(H,25,26)(H2,21,22,23,24). The van der Waals surface area contributed by atoms with Gasteiger partial charge in [-0.3, -0.25) is 0 Å². The SMILES string of the molecule is O=C(O)c1ccc(Nc2cc(NCCc3ccc(Cl)cc3)ncn2)cc1. The predicted octanol–water partition coefficient (Wildman–Crippen LogP) is 4.23. The third kappa shape index (κ3) is 4.94. The largest absolute Gasteiger partial charge is 0.478 e. The van der Waals surface area contributed by atoms with Gasteiger partial charge in [0, 0.05) is 23.3 Å². The molecule has 7 heteroatoms. The van der Waals surface area contributed by atoms with Crippen LogP contribution in [-0.2, 0) is 6.42 Å². The predicted molar refractivity (Wildman–Crippen MR) is 102 cm³/mol. The molecule has 0 fully saturated rings. The van der Waals surface area contributed by atoms with E-state index in [0.717, 1.165) is 23.7 Å². The van der Waals surface area contributed by atoms with Gasteiger partial charge in [0.1, 0.15) is 18.0 Å². The van der Waals surface area contributed by atoms with Crippen molar-refractivity contribution in [1.29, 1.82) is 0 Å². The number of aromatic carboxylic acids is 1. The van der Waals surface area contributed by atoms with Crippen molar-refractivity contribution in [2.24, 2.45) is 0 Å². The van der Waals surface area contributed by atoms with Crippen molar-refractivity contribution in [2.45, 2.75) is 6.42 Å². The maximum absolute atomic E-state index is 10.9. The molecule has 0 aliphatic rings. The molecular formula is C19H17ClN4O2. The fourth-order valence-corrected chi connectivity index (χ4v) is 2.48. The number of nitrogens with one attached hydrogen (secondary N) is 2. The van der Waals surface area contributed by atoms with Crippen LogP contribution in [0.4, 0.5) is 17.3 Å². The quantitative estimate of drug-likeness (QED) is 0.578. The third-order valence-electron chi connectivity index (χ3n) is 3.70. The van der Waals surface area contributed by atoms with Crippen molar-refractivity contribution >= 4 is 34.9 Å². The first-order valence-electron chi connectivity index (χ1n) is 8.01. The summed E-state index contributed by atoms with van der Waals surface area (Å²) in [6.45, 7) is 0.728. The summed E-state index contributed by atoms with van der Waals surface area (Å²) in [5.41, 5.74) is 2.18. The van der Waals surface area contributed by atoms with Crippen LogP contribution in [0.1, 0.15) is 15.9 Å². The number of nitrogens with zero attached hydrogens (tertiary/aromatic N) is 2. The summed E-state index contributed by atoms with van der Waals surface area (Å²) in [4.78, 5) is 19.3. The Bertz CT molecular complexity index is 883. The molecule has 3 rings (SSSR count). The van der Waals surface area contributed by atoms with Crippen molar-refractivity contribution in [3.63, 3.8) is 0 Å². The topological polar surface area (TPSA) is 87.1 Å². The van der Waals surface area contributed by atoms with Crippen molar-refractivity contribution in [1.82, 2.24) is 9.97 Å². The van der Waals surface area contributed by atoms with Crippen LogP contribution in [0.15, 0.2) is 60.9 Å². The lowest BCUT2D eigenvalue weighted by Gasteiger charge is -2.09. The number of rotatable bonds is 7. The van der Waals surface area contributed by atoms with E-state index >= 15 is 0 Å². The van der Waals surface area contributed by atoms with Gasteiger partial charge in [-0.05, 0) is 48.4 Å². The smallest absolute Gasteiger partial charge is 0.335 e. The van der Waals surface area contributed by atoms with Gasteiger partial charge in [-0.1, -0.05) is 23.7 Å². The lowest BCUT2D eigenvalue weighted by molar-refractivity contribution is 0.0697. The zero-order valence-corrected chi connectivity index (χ0v) is 14.6. The molecule has 0 amide bonds. The van der Waals surface area contributed by atoms with E-state index in [2.05, 4.69) is 20.6 Å². The molecule has 0 aliphatic carbocycles. The molecule has 6 nitrogen and oxygen atoms in total. The molecular weight excluding hydrogens is 352 g/mol. The van der Waals surface area contributed by atoms with Gasteiger partial charge in [0.15, 0.2) is 0 Å². The maximum Gasteiger partial charge on any atom is 0.335 e. The Labute approximate surface area is 155 Å². The van der Waals surface area contributed by atoms with Crippen LogP contribution in [0.25, 0.3) is 0 Å². The van der Waals surface area contributed by atoms with E-state index in [1.54, 1.807) is 18.2 Å². The molecule has 0 aliphatic heterocycles. The van der Waals surface area contributed by atoms with E-state index in [-0.39, 0.29) is 5.56 Å². The highest BCUT2D eigenvalue weighted by molar-refractivity contribution is 6.30. The minimum atomic E-state index is -0.953. The second kappa shape index (κ2) is 8.31. The summed E-state index contributed by atoms with van der Waals surface area (Å²) in [5.74, 6) is 0.376. The summed E-state index contributed by atoms with van der Waals surface area (Å²) < 4.78 is 0. The van der Waals surface area contributed by atoms with Crippen LogP contribution in [0.5, 0.6) is 0 Å². The molecule has 0 saturated carbocycles. The van der Waals surface area contributed by atoms with E-state index in [4.69, 9.17) is 16.7 Å². The Kier molecular flexibility index (Phi) is 5.66. The van der Waals surface area contributed by atoms with Crippen LogP contribution in [-0.4, -0.2) is 27.6 Å². The second-order valence-corrected chi connectivity index (χ2v) is 6.04. The number of aromatic nitrogens is 2. The van der Waals surface area contributed by atoms with Gasteiger partial charge in [0.25, 0.3) is 0 Å². The number of hydrogen-bond acceptors (Lipinski definition) is 5. The molecule has 0 unspecified atom stereocenters. The Morgan fingerprint density at radius 1 is 1.00 bits per heavy atom. The number of anilines is 3. The summed E-state index contributed by atoms with van der Waals surface area (Å²) in [7, 11) is 0. The summed E-state index contributed by atoms with van der Waals surface area (Å²) >= 11 is 5.88. The number of carbonyl (C=O) groups is 1. The van der Waals surface area contributed by atoms with Crippen LogP contribution in [0.3, 0.4) is 0 Å². The number of benzene rings is 2. The first kappa shape index (κ1) is 17.7. The summed E-state index contributed by atoms with van der Waals surface area (Å²) in [6.07, 6.45) is 2.32. The monoisotopic (exact) mass is 368 g/mol. The van der Waals surface area contributed by atoms with Crippen LogP contribution >= 0.6 is 11.6 Å². The Morgan fingerprint density at radius 3 is 2.38 bits per heavy atom. The minimum Gasteiger partial charge on any atom is -0.478 e. The first-order valence-corrected chi connectivity index (χ1v) is 8.39. The molecule has 0 radical (unpaired) electrons. The number of hydrogen-bond donors (Lipinski definition) is 3. The van der Waals surface area contributed by atoms with E-state index in [1.807, 2.05) is 24.3 Å². The molecule has 0 atom stereocenters. The van der Waals surface area contributed by atoms with Gasteiger partial charge in [0.05, 0.1) is 5.56 Å². The van der Waals surface area contributed by atoms with Crippen molar-refractivity contribution in [3.8, 4) is 0 Å². The van der Waals surface area contributed by atoms with E-state index < -0.39 is 5.97 Å². The Balaban J connectivity index is 1.57. The highest BCUT2D eigenvalue weighted by atomic mass is 35.5. The van der Waals surface area contributed by atoms with E-state index in [0.29, 0.717) is 11.6 Å². The molecule has 3 N–H and O–H groups in total. The van der Waals surface area contributed by atoms with Crippen LogP contribution in [0.2, 0.25) is 5.02 Å². The maximum atomic E-state index is 10.9. The average molecular weight is 369 g/mol. The molecule has 132 valence electrons. The Hall–Kier alpha value is -3.12. The van der Waals surface area contributed by atoms with Crippen molar-refractivity contribution < 1.29 is 9.90 Å². The van der Waals surface area contributed by atoms with Crippen LogP contribution in [0, 0.1) is 0 Å². The van der Waals surface area contributed by atoms with Gasteiger partial charge in [0.2, 0.25) is 0 Å². The molecule has 1 heterocycles. The lowest BCUT2D eigenvalue weighted by Crippen LogP contribution is -2.07. The molecule has 0 spiro atoms. The van der Waals surface area contributed by atoms with E-state index in [1.165, 1.54) is 24.0 Å². The van der Waals surface area contributed by atoms with Gasteiger partial charge in [-0.15, -0.1) is 0 Å². The van der Waals surface area contributed by atoms with E-state index in [9.17, 15) is 4.79 Å². The number of halogens is 1. The average Bonchev–Trinajstić information content (AvgIpc) is 2.64. The zero-order valence-electron chi connectivity index (χ0n) is 13.8. The molecule has 0 saturated heterocycles. The number of carboxylic acid groups (broad SMARTS) is 1. The molecule has 1 aromatic heterocycles. The van der Waals surface area contributed by atoms with Gasteiger partial charge >= 0.3 is 5.97 Å². The number of carboxylic acids is 1. The molecule has 3 aromatic rings. The first-order chi connectivity index (χ1) is 12.6. The van der Waals surface area contributed by atoms with Gasteiger partial charge in [-0.25, -0.2) is 14.8 Å². The fraction of sp³-hybridized carbons (Fsp3) is 0.105. The van der Waals surface area contributed by atoms with Gasteiger partial charge < -0.3 is 15.7 Å². The Morgan fingerprint density at radius 2 is 1.69 bits per heavy atom. The highest BCUT2D eigenvalue weighted by Crippen LogP contribution is 2.17. The molecule has 2 aromatic carbocycles. The minimum absolute atomic E-state index is 0.239. The lowest BCUT2D eigenvalue weighted by atomic mass is 10.1. The second-order valence-electron chi connectivity index (χ2n) is 5.60. The normalized spacial score (nSPS) is 10.3.